The van der Waals surface area contributed by atoms with E-state index in [-0.39, 0.29) is 46.1 Å². The molecular formula is C19H20N6O8S2. The van der Waals surface area contributed by atoms with Crippen LogP contribution >= 0.6 is 23.1 Å². The molecule has 3 aliphatic heterocycles. The van der Waals surface area contributed by atoms with Crippen LogP contribution in [0, 0.1) is 0 Å². The van der Waals surface area contributed by atoms with Gasteiger partial charge in [-0.25, -0.2) is 9.78 Å². The molecule has 0 aromatic carbocycles. The number of oxime groups is 1. The van der Waals surface area contributed by atoms with Crippen molar-refractivity contribution in [3.05, 3.63) is 22.3 Å². The molecular weight excluding hydrogens is 504 g/mol. The number of aliphatic carboxylic acids is 1. The summed E-state index contributed by atoms with van der Waals surface area (Å²) in [7, 11) is 0. The zero-order chi connectivity index (χ0) is 25.3. The largest absolute Gasteiger partial charge is 0.477 e. The van der Waals surface area contributed by atoms with Crippen molar-refractivity contribution in [3.63, 3.8) is 0 Å². The molecule has 2 saturated heterocycles. The van der Waals surface area contributed by atoms with E-state index in [0.717, 1.165) is 16.2 Å². The van der Waals surface area contributed by atoms with Crippen molar-refractivity contribution in [1.82, 2.24) is 20.5 Å². The van der Waals surface area contributed by atoms with Gasteiger partial charge in [0.25, 0.3) is 17.7 Å². The van der Waals surface area contributed by atoms with Crippen LogP contribution in [0.5, 0.6) is 0 Å². The third-order valence-corrected chi connectivity index (χ3v) is 7.25. The van der Waals surface area contributed by atoms with E-state index in [2.05, 4.69) is 20.8 Å². The van der Waals surface area contributed by atoms with Crippen LogP contribution < -0.4 is 16.4 Å². The molecule has 186 valence electrons. The lowest BCUT2D eigenvalue weighted by Gasteiger charge is -2.49. The Bertz CT molecular complexity index is 1160. The number of carboxylic acids is 1. The number of thioether (sulfide) groups is 1. The summed E-state index contributed by atoms with van der Waals surface area (Å²) >= 11 is 2.27. The van der Waals surface area contributed by atoms with Crippen LogP contribution in [0.25, 0.3) is 0 Å². The molecule has 0 radical (unpaired) electrons. The molecule has 3 aliphatic rings. The van der Waals surface area contributed by atoms with Gasteiger partial charge in [-0.2, -0.15) is 0 Å². The van der Waals surface area contributed by atoms with Crippen LogP contribution in [0.15, 0.2) is 21.8 Å². The number of esters is 1. The molecule has 14 nitrogen and oxygen atoms in total. The first-order chi connectivity index (χ1) is 16.7. The first kappa shape index (κ1) is 24.5. The fourth-order valence-electron chi connectivity index (χ4n) is 3.58. The smallest absolute Gasteiger partial charge is 0.352 e. The van der Waals surface area contributed by atoms with Crippen LogP contribution in [0.2, 0.25) is 0 Å². The summed E-state index contributed by atoms with van der Waals surface area (Å²) in [5, 5.41) is 19.5. The van der Waals surface area contributed by atoms with Gasteiger partial charge in [-0.3, -0.25) is 24.1 Å². The molecule has 4 rings (SSSR count). The van der Waals surface area contributed by atoms with E-state index in [1.165, 1.54) is 24.1 Å². The molecule has 5 N–H and O–H groups in total. The lowest BCUT2D eigenvalue weighted by Crippen LogP contribution is -2.71. The number of nitrogens with one attached hydrogen (secondary N) is 2. The summed E-state index contributed by atoms with van der Waals surface area (Å²) in [5.74, 6) is -3.58. The summed E-state index contributed by atoms with van der Waals surface area (Å²) in [6.45, 7) is 1.35. The fourth-order valence-corrected chi connectivity index (χ4v) is 5.46. The number of aromatic nitrogens is 1. The highest BCUT2D eigenvalue weighted by Gasteiger charge is 2.54. The highest BCUT2D eigenvalue weighted by atomic mass is 32.2. The number of β-lactam (4-membered cyclic amide) rings is 1. The number of ether oxygens (including phenoxy) is 1. The number of nitrogen functional groups attached to an aromatic ring is 1. The monoisotopic (exact) mass is 524 g/mol. The maximum Gasteiger partial charge on any atom is 0.352 e. The number of hydrogen-bond donors (Lipinski definition) is 4. The van der Waals surface area contributed by atoms with E-state index in [1.54, 1.807) is 0 Å². The van der Waals surface area contributed by atoms with Gasteiger partial charge >= 0.3 is 11.9 Å². The van der Waals surface area contributed by atoms with E-state index in [9.17, 15) is 29.1 Å². The number of carbonyl (C=O) groups excluding carboxylic acids is 4. The number of fused-ring (bicyclic) bond motifs is 1. The summed E-state index contributed by atoms with van der Waals surface area (Å²) < 4.78 is 4.90. The van der Waals surface area contributed by atoms with E-state index >= 15 is 0 Å². The first-order valence-corrected chi connectivity index (χ1v) is 12.2. The molecule has 1 aromatic rings. The van der Waals surface area contributed by atoms with E-state index in [4.69, 9.17) is 15.3 Å². The van der Waals surface area contributed by atoms with Gasteiger partial charge in [0.05, 0.1) is 0 Å². The number of hydrogen-bond acceptors (Lipinski definition) is 12. The van der Waals surface area contributed by atoms with Gasteiger partial charge in [0, 0.05) is 36.6 Å². The van der Waals surface area contributed by atoms with E-state index in [0.29, 0.717) is 13.0 Å². The molecule has 4 heterocycles. The number of carboxylic acid groups (broad SMARTS) is 1. The maximum atomic E-state index is 13.1. The second-order valence-electron chi connectivity index (χ2n) is 7.58. The summed E-state index contributed by atoms with van der Waals surface area (Å²) in [6.07, 6.45) is -0.506. The van der Waals surface area contributed by atoms with Crippen molar-refractivity contribution in [3.8, 4) is 0 Å². The Morgan fingerprint density at radius 1 is 1.40 bits per heavy atom. The molecule has 3 amide bonds. The zero-order valence-corrected chi connectivity index (χ0v) is 19.8. The number of thiazole rings is 1. The molecule has 35 heavy (non-hydrogen) atoms. The average molecular weight is 525 g/mol. The van der Waals surface area contributed by atoms with Crippen molar-refractivity contribution in [2.24, 2.45) is 5.16 Å². The van der Waals surface area contributed by atoms with E-state index < -0.39 is 41.3 Å². The number of rotatable bonds is 8. The maximum absolute atomic E-state index is 13.1. The third kappa shape index (κ3) is 4.93. The third-order valence-electron chi connectivity index (χ3n) is 5.24. The minimum atomic E-state index is -1.35. The van der Waals surface area contributed by atoms with Crippen molar-refractivity contribution >= 4 is 63.6 Å². The van der Waals surface area contributed by atoms with Crippen LogP contribution in [0.1, 0.15) is 19.0 Å². The molecule has 0 saturated carbocycles. The number of nitrogens with zero attached hydrogens (tertiary/aromatic N) is 3. The van der Waals surface area contributed by atoms with Crippen molar-refractivity contribution in [1.29, 1.82) is 0 Å². The van der Waals surface area contributed by atoms with Gasteiger partial charge in [0.2, 0.25) is 6.10 Å². The SMILES string of the molecule is CC(=O)OCC1=C(C(=O)O)N2C(=O)[C@@H](NC(=O)/C(=N\O[C@H]3CCNC3=O)c3csc(N)n3)[C@H]2SC1. The van der Waals surface area contributed by atoms with Gasteiger partial charge in [0.15, 0.2) is 10.8 Å². The normalized spacial score (nSPS) is 23.9. The van der Waals surface area contributed by atoms with Gasteiger partial charge in [-0.1, -0.05) is 5.16 Å². The van der Waals surface area contributed by atoms with Gasteiger partial charge in [-0.05, 0) is 0 Å². The minimum Gasteiger partial charge on any atom is -0.477 e. The van der Waals surface area contributed by atoms with Crippen LogP contribution in [0.3, 0.4) is 0 Å². The Kier molecular flexibility index (Phi) is 6.93. The molecule has 16 heteroatoms. The Morgan fingerprint density at radius 3 is 2.77 bits per heavy atom. The Hall–Kier alpha value is -3.66. The van der Waals surface area contributed by atoms with Crippen molar-refractivity contribution < 1.29 is 38.7 Å². The average Bonchev–Trinajstić information content (AvgIpc) is 3.43. The molecule has 3 atom stereocenters. The van der Waals surface area contributed by atoms with Crippen LogP contribution in [-0.4, -0.2) is 86.8 Å². The molecule has 0 bridgehead atoms. The second-order valence-corrected chi connectivity index (χ2v) is 9.58. The molecule has 0 unspecified atom stereocenters. The molecule has 0 spiro atoms. The Balaban J connectivity index is 1.51. The summed E-state index contributed by atoms with van der Waals surface area (Å²) in [5.41, 5.74) is 5.47. The number of nitrogens with two attached hydrogens (primary N) is 1. The van der Waals surface area contributed by atoms with Gasteiger partial charge in [-0.15, -0.1) is 23.1 Å². The molecule has 2 fully saturated rings. The predicted molar refractivity (Wildman–Crippen MR) is 122 cm³/mol. The molecule has 1 aromatic heterocycles. The zero-order valence-electron chi connectivity index (χ0n) is 18.2. The van der Waals surface area contributed by atoms with Crippen LogP contribution in [0.4, 0.5) is 5.13 Å². The number of anilines is 1. The first-order valence-electron chi connectivity index (χ1n) is 10.2. The van der Waals surface area contributed by atoms with Crippen molar-refractivity contribution in [2.45, 2.75) is 30.9 Å². The number of amides is 3. The van der Waals surface area contributed by atoms with Gasteiger partial charge in [0.1, 0.15) is 29.4 Å². The Morgan fingerprint density at radius 2 is 2.17 bits per heavy atom. The van der Waals surface area contributed by atoms with E-state index in [1.807, 2.05) is 0 Å². The van der Waals surface area contributed by atoms with Crippen molar-refractivity contribution in [2.75, 3.05) is 24.6 Å². The lowest BCUT2D eigenvalue weighted by atomic mass is 10.0. The highest BCUT2D eigenvalue weighted by Crippen LogP contribution is 2.40. The highest BCUT2D eigenvalue weighted by molar-refractivity contribution is 8.00. The fraction of sp³-hybridized carbons (Fsp3) is 0.421. The summed E-state index contributed by atoms with van der Waals surface area (Å²) in [6, 6.07) is -1.05. The minimum absolute atomic E-state index is 0.0955. The quantitative estimate of drug-likeness (QED) is 0.135. The Labute approximate surface area is 205 Å². The lowest BCUT2D eigenvalue weighted by molar-refractivity contribution is -0.150. The topological polar surface area (TPSA) is 203 Å². The molecule has 0 aliphatic carbocycles. The standard InChI is InChI=1S/C19H20N6O8S2/c1-7(26)32-4-8-5-34-17-12(16(29)25(17)13(8)18(30)31)23-15(28)11(9-6-35-19(20)22-9)24-33-10-2-3-21-14(10)27/h6,10,12,17H,2-5H2,1H3,(H2,20,22)(H,21,27)(H,23,28)(H,30,31)/b24-11-/t10-,12+,17+/m0/s1. The van der Waals surface area contributed by atoms with Gasteiger partial charge < -0.3 is 31.0 Å². The number of carbonyl (C=O) groups is 5. The predicted octanol–water partition coefficient (Wildman–Crippen LogP) is -1.36. The van der Waals surface area contributed by atoms with Crippen LogP contribution in [-0.2, 0) is 33.5 Å². The summed E-state index contributed by atoms with van der Waals surface area (Å²) in [4.78, 5) is 70.9. The second kappa shape index (κ2) is 9.91.